The van der Waals surface area contributed by atoms with Crippen LogP contribution in [0.15, 0.2) is 29.1 Å². The molecule has 1 aromatic heterocycles. The largest absolute Gasteiger partial charge is 0.382 e. The number of nitrogens with one attached hydrogen (secondary N) is 1. The van der Waals surface area contributed by atoms with Crippen molar-refractivity contribution in [1.82, 2.24) is 10.2 Å². The molecule has 0 unspecified atom stereocenters. The SMILES string of the molecule is Cc1ccc(-c2cc(N)n[nH]c2=O)c(C)c1. The monoisotopic (exact) mass is 215 g/mol. The quantitative estimate of drug-likeness (QED) is 0.759. The fraction of sp³-hybridized carbons (Fsp3) is 0.167. The van der Waals surface area contributed by atoms with E-state index in [0.717, 1.165) is 11.1 Å². The average molecular weight is 215 g/mol. The van der Waals surface area contributed by atoms with Gasteiger partial charge in [-0.2, -0.15) is 5.10 Å². The highest BCUT2D eigenvalue weighted by molar-refractivity contribution is 5.68. The van der Waals surface area contributed by atoms with Crippen LogP contribution in [0.25, 0.3) is 11.1 Å². The molecule has 4 nitrogen and oxygen atoms in total. The summed E-state index contributed by atoms with van der Waals surface area (Å²) in [5, 5.41) is 6.03. The second-order valence-corrected chi connectivity index (χ2v) is 3.85. The van der Waals surface area contributed by atoms with Crippen LogP contribution in [-0.2, 0) is 0 Å². The Kier molecular flexibility index (Phi) is 2.48. The Labute approximate surface area is 93.1 Å². The van der Waals surface area contributed by atoms with Crippen molar-refractivity contribution in [3.05, 3.63) is 45.7 Å². The zero-order valence-corrected chi connectivity index (χ0v) is 9.24. The summed E-state index contributed by atoms with van der Waals surface area (Å²) >= 11 is 0. The summed E-state index contributed by atoms with van der Waals surface area (Å²) in [6.45, 7) is 3.99. The zero-order valence-electron chi connectivity index (χ0n) is 9.24. The van der Waals surface area contributed by atoms with E-state index in [-0.39, 0.29) is 5.56 Å². The third-order valence-electron chi connectivity index (χ3n) is 2.50. The molecule has 0 spiro atoms. The van der Waals surface area contributed by atoms with E-state index in [4.69, 9.17) is 5.73 Å². The number of nitrogen functional groups attached to an aromatic ring is 1. The first-order valence-corrected chi connectivity index (χ1v) is 5.01. The Bertz CT molecular complexity index is 587. The van der Waals surface area contributed by atoms with Crippen LogP contribution in [0.1, 0.15) is 11.1 Å². The second kappa shape index (κ2) is 3.81. The zero-order chi connectivity index (χ0) is 11.7. The van der Waals surface area contributed by atoms with Crippen molar-refractivity contribution in [2.75, 3.05) is 5.73 Å². The summed E-state index contributed by atoms with van der Waals surface area (Å²) in [4.78, 5) is 11.6. The molecule has 0 saturated heterocycles. The number of hydrogen-bond donors (Lipinski definition) is 2. The Morgan fingerprint density at radius 1 is 1.19 bits per heavy atom. The summed E-state index contributed by atoms with van der Waals surface area (Å²) < 4.78 is 0. The second-order valence-electron chi connectivity index (χ2n) is 3.85. The molecule has 2 rings (SSSR count). The van der Waals surface area contributed by atoms with Crippen molar-refractivity contribution in [3.8, 4) is 11.1 Å². The first kappa shape index (κ1) is 10.4. The van der Waals surface area contributed by atoms with E-state index in [1.807, 2.05) is 32.0 Å². The molecular formula is C12H13N3O. The molecule has 0 fully saturated rings. The molecule has 4 heteroatoms. The summed E-state index contributed by atoms with van der Waals surface area (Å²) in [6.07, 6.45) is 0. The van der Waals surface area contributed by atoms with Crippen molar-refractivity contribution in [2.24, 2.45) is 0 Å². The standard InChI is InChI=1S/C12H13N3O/c1-7-3-4-9(8(2)5-7)10-6-11(13)14-15-12(10)16/h3-6H,1-2H3,(H2,13,14)(H,15,16). The fourth-order valence-corrected chi connectivity index (χ4v) is 1.74. The van der Waals surface area contributed by atoms with Gasteiger partial charge >= 0.3 is 0 Å². The van der Waals surface area contributed by atoms with Crippen LogP contribution in [0.5, 0.6) is 0 Å². The summed E-state index contributed by atoms with van der Waals surface area (Å²) in [5.41, 5.74) is 9.01. The predicted molar refractivity (Wildman–Crippen MR) is 64.2 cm³/mol. The molecule has 0 atom stereocenters. The number of nitrogens with zero attached hydrogens (tertiary/aromatic N) is 1. The molecule has 3 N–H and O–H groups in total. The lowest BCUT2D eigenvalue weighted by atomic mass is 10.0. The van der Waals surface area contributed by atoms with Crippen molar-refractivity contribution < 1.29 is 0 Å². The molecule has 1 aromatic carbocycles. The van der Waals surface area contributed by atoms with Crippen LogP contribution < -0.4 is 11.3 Å². The average Bonchev–Trinajstić information content (AvgIpc) is 2.22. The molecule has 1 heterocycles. The van der Waals surface area contributed by atoms with E-state index >= 15 is 0 Å². The number of H-pyrrole nitrogens is 1. The van der Waals surface area contributed by atoms with Gasteiger partial charge in [0.15, 0.2) is 0 Å². The van der Waals surface area contributed by atoms with E-state index < -0.39 is 0 Å². The molecule has 0 aliphatic carbocycles. The van der Waals surface area contributed by atoms with E-state index in [9.17, 15) is 4.79 Å². The van der Waals surface area contributed by atoms with Crippen molar-refractivity contribution in [2.45, 2.75) is 13.8 Å². The maximum Gasteiger partial charge on any atom is 0.272 e. The van der Waals surface area contributed by atoms with Crippen LogP contribution in [-0.4, -0.2) is 10.2 Å². The Morgan fingerprint density at radius 2 is 1.94 bits per heavy atom. The number of nitrogens with two attached hydrogens (primary N) is 1. The first-order valence-electron chi connectivity index (χ1n) is 5.01. The van der Waals surface area contributed by atoms with E-state index in [1.165, 1.54) is 5.56 Å². The van der Waals surface area contributed by atoms with E-state index in [0.29, 0.717) is 11.4 Å². The highest BCUT2D eigenvalue weighted by Gasteiger charge is 2.07. The Hall–Kier alpha value is -2.10. The van der Waals surface area contributed by atoms with Crippen molar-refractivity contribution >= 4 is 5.82 Å². The van der Waals surface area contributed by atoms with Gasteiger partial charge in [-0.3, -0.25) is 4.79 Å². The highest BCUT2D eigenvalue weighted by atomic mass is 16.1. The number of aromatic nitrogens is 2. The minimum Gasteiger partial charge on any atom is -0.382 e. The molecule has 82 valence electrons. The molecule has 0 aliphatic heterocycles. The van der Waals surface area contributed by atoms with Crippen LogP contribution in [0, 0.1) is 13.8 Å². The normalized spacial score (nSPS) is 10.4. The minimum absolute atomic E-state index is 0.221. The van der Waals surface area contributed by atoms with Gasteiger partial charge in [-0.25, -0.2) is 5.10 Å². The van der Waals surface area contributed by atoms with Crippen molar-refractivity contribution in [1.29, 1.82) is 0 Å². The molecule has 0 aliphatic rings. The number of aryl methyl sites for hydroxylation is 2. The van der Waals surface area contributed by atoms with Gasteiger partial charge in [-0.15, -0.1) is 0 Å². The number of benzene rings is 1. The topological polar surface area (TPSA) is 71.8 Å². The lowest BCUT2D eigenvalue weighted by molar-refractivity contribution is 1.00. The molecular weight excluding hydrogens is 202 g/mol. The maximum atomic E-state index is 11.6. The minimum atomic E-state index is -0.221. The first-order chi connectivity index (χ1) is 7.58. The Balaban J connectivity index is 2.67. The van der Waals surface area contributed by atoms with Crippen molar-refractivity contribution in [3.63, 3.8) is 0 Å². The van der Waals surface area contributed by atoms with E-state index in [2.05, 4.69) is 10.2 Å². The molecule has 16 heavy (non-hydrogen) atoms. The van der Waals surface area contributed by atoms with Gasteiger partial charge in [0.25, 0.3) is 5.56 Å². The third kappa shape index (κ3) is 1.82. The van der Waals surface area contributed by atoms with Crippen LogP contribution in [0.2, 0.25) is 0 Å². The van der Waals surface area contributed by atoms with E-state index in [1.54, 1.807) is 6.07 Å². The molecule has 0 bridgehead atoms. The number of rotatable bonds is 1. The molecule has 0 radical (unpaired) electrons. The van der Waals surface area contributed by atoms with Gasteiger partial charge in [0, 0.05) is 0 Å². The van der Waals surface area contributed by atoms with Gasteiger partial charge in [-0.05, 0) is 31.0 Å². The van der Waals surface area contributed by atoms with Gasteiger partial charge in [0.05, 0.1) is 5.56 Å². The smallest absolute Gasteiger partial charge is 0.272 e. The predicted octanol–water partition coefficient (Wildman–Crippen LogP) is 1.64. The van der Waals surface area contributed by atoms with Crippen LogP contribution in [0.4, 0.5) is 5.82 Å². The van der Waals surface area contributed by atoms with Gasteiger partial charge in [0.1, 0.15) is 5.82 Å². The number of aromatic amines is 1. The van der Waals surface area contributed by atoms with Gasteiger partial charge in [0.2, 0.25) is 0 Å². The number of anilines is 1. The molecule has 0 saturated carbocycles. The molecule has 0 amide bonds. The third-order valence-corrected chi connectivity index (χ3v) is 2.50. The fourth-order valence-electron chi connectivity index (χ4n) is 1.74. The molecule has 2 aromatic rings. The summed E-state index contributed by atoms with van der Waals surface area (Å²) in [7, 11) is 0. The highest BCUT2D eigenvalue weighted by Crippen LogP contribution is 2.21. The van der Waals surface area contributed by atoms with Gasteiger partial charge < -0.3 is 5.73 Å². The van der Waals surface area contributed by atoms with Crippen LogP contribution in [0.3, 0.4) is 0 Å². The Morgan fingerprint density at radius 3 is 2.62 bits per heavy atom. The maximum absolute atomic E-state index is 11.6. The van der Waals surface area contributed by atoms with Crippen LogP contribution >= 0.6 is 0 Å². The summed E-state index contributed by atoms with van der Waals surface area (Å²) in [5.74, 6) is 0.314. The lowest BCUT2D eigenvalue weighted by Crippen LogP contribution is -2.12. The van der Waals surface area contributed by atoms with Gasteiger partial charge in [-0.1, -0.05) is 23.8 Å². The lowest BCUT2D eigenvalue weighted by Gasteiger charge is -2.06. The number of hydrogen-bond acceptors (Lipinski definition) is 3. The summed E-state index contributed by atoms with van der Waals surface area (Å²) in [6, 6.07) is 7.52.